The molecule has 0 saturated carbocycles. The Hall–Kier alpha value is -1.64. The predicted octanol–water partition coefficient (Wildman–Crippen LogP) is 1.90. The van der Waals surface area contributed by atoms with E-state index in [9.17, 15) is 5.11 Å². The molecular weight excluding hydrogens is 360 g/mol. The quantitative estimate of drug-likeness (QED) is 0.543. The van der Waals surface area contributed by atoms with Crippen molar-refractivity contribution in [1.82, 2.24) is 25.4 Å². The van der Waals surface area contributed by atoms with Gasteiger partial charge >= 0.3 is 0 Å². The number of hydrogen-bond donors (Lipinski definition) is 3. The zero-order chi connectivity index (χ0) is 17.8. The highest BCUT2D eigenvalue weighted by molar-refractivity contribution is 7.16. The van der Waals surface area contributed by atoms with Crippen molar-refractivity contribution in [3.8, 4) is 0 Å². The highest BCUT2D eigenvalue weighted by Crippen LogP contribution is 2.26. The molecule has 136 valence electrons. The Labute approximate surface area is 156 Å². The summed E-state index contributed by atoms with van der Waals surface area (Å²) in [5.41, 5.74) is 0. The van der Waals surface area contributed by atoms with Crippen LogP contribution in [0.3, 0.4) is 0 Å². The Bertz CT molecular complexity index is 743. The molecule has 2 atom stereocenters. The van der Waals surface area contributed by atoms with E-state index in [1.807, 2.05) is 24.6 Å². The molecule has 25 heavy (non-hydrogen) atoms. The van der Waals surface area contributed by atoms with Gasteiger partial charge in [0.2, 0.25) is 0 Å². The summed E-state index contributed by atoms with van der Waals surface area (Å²) >= 11 is 7.30. The van der Waals surface area contributed by atoms with Crippen molar-refractivity contribution < 1.29 is 5.11 Å². The van der Waals surface area contributed by atoms with E-state index in [1.54, 1.807) is 6.07 Å². The number of aliphatic hydroxyl groups is 1. The van der Waals surface area contributed by atoms with E-state index in [0.717, 1.165) is 42.5 Å². The number of aliphatic hydroxyl groups excluding tert-OH is 1. The fourth-order valence-corrected chi connectivity index (χ4v) is 3.88. The summed E-state index contributed by atoms with van der Waals surface area (Å²) in [6.07, 6.45) is 1.23. The molecule has 2 aromatic heterocycles. The number of aliphatic imine (C=N–C) groups is 1. The summed E-state index contributed by atoms with van der Waals surface area (Å²) in [5, 5.41) is 21.3. The molecule has 0 aromatic carbocycles. The third-order valence-electron chi connectivity index (χ3n) is 3.99. The van der Waals surface area contributed by atoms with Crippen LogP contribution in [0.2, 0.25) is 4.34 Å². The van der Waals surface area contributed by atoms with Crippen LogP contribution in [0.5, 0.6) is 0 Å². The molecule has 3 rings (SSSR count). The SMILES string of the molecule is CCNC(=NCC(O)c1ccc(Cl)s1)NC1CCc2nc(C)nn2C1. The van der Waals surface area contributed by atoms with Gasteiger partial charge in [0.05, 0.1) is 17.4 Å². The maximum atomic E-state index is 10.3. The summed E-state index contributed by atoms with van der Waals surface area (Å²) in [6.45, 7) is 5.74. The zero-order valence-electron chi connectivity index (χ0n) is 14.4. The fourth-order valence-electron chi connectivity index (χ4n) is 2.84. The van der Waals surface area contributed by atoms with Gasteiger partial charge in [0.25, 0.3) is 0 Å². The van der Waals surface area contributed by atoms with E-state index in [-0.39, 0.29) is 12.6 Å². The molecule has 7 nitrogen and oxygen atoms in total. The lowest BCUT2D eigenvalue weighted by atomic mass is 10.1. The maximum absolute atomic E-state index is 10.3. The Kier molecular flexibility index (Phi) is 5.93. The number of aromatic nitrogens is 3. The molecule has 9 heteroatoms. The molecule has 1 aliphatic heterocycles. The molecule has 2 unspecified atom stereocenters. The highest BCUT2D eigenvalue weighted by Gasteiger charge is 2.21. The van der Waals surface area contributed by atoms with Gasteiger partial charge in [-0.15, -0.1) is 11.3 Å². The van der Waals surface area contributed by atoms with Crippen LogP contribution in [0.4, 0.5) is 0 Å². The monoisotopic (exact) mass is 382 g/mol. The first-order chi connectivity index (χ1) is 12.0. The molecule has 2 aromatic rings. The van der Waals surface area contributed by atoms with E-state index in [2.05, 4.69) is 25.7 Å². The molecule has 0 spiro atoms. The number of guanidine groups is 1. The topological polar surface area (TPSA) is 87.4 Å². The lowest BCUT2D eigenvalue weighted by Crippen LogP contribution is -2.47. The van der Waals surface area contributed by atoms with Crippen LogP contribution in [-0.4, -0.2) is 45.0 Å². The minimum atomic E-state index is -0.649. The van der Waals surface area contributed by atoms with Gasteiger partial charge in [0.15, 0.2) is 5.96 Å². The van der Waals surface area contributed by atoms with Gasteiger partial charge in [-0.3, -0.25) is 4.99 Å². The van der Waals surface area contributed by atoms with Crippen LogP contribution in [0.25, 0.3) is 0 Å². The zero-order valence-corrected chi connectivity index (χ0v) is 15.9. The van der Waals surface area contributed by atoms with Crippen LogP contribution in [0.15, 0.2) is 17.1 Å². The standard InChI is InChI=1S/C16H23ClN6OS/c1-3-18-16(19-8-12(24)13-5-6-14(17)25-13)21-11-4-7-15-20-10(2)22-23(15)9-11/h5-6,11-12,24H,3-4,7-9H2,1-2H3,(H2,18,19,21). The molecule has 1 aliphatic rings. The van der Waals surface area contributed by atoms with Gasteiger partial charge in [-0.2, -0.15) is 5.10 Å². The van der Waals surface area contributed by atoms with Gasteiger partial charge in [-0.25, -0.2) is 9.67 Å². The Morgan fingerprint density at radius 2 is 2.40 bits per heavy atom. The maximum Gasteiger partial charge on any atom is 0.191 e. The van der Waals surface area contributed by atoms with Crippen LogP contribution in [-0.2, 0) is 13.0 Å². The van der Waals surface area contributed by atoms with Gasteiger partial charge in [-0.05, 0) is 32.4 Å². The number of fused-ring (bicyclic) bond motifs is 1. The number of thiophene rings is 1. The summed E-state index contributed by atoms with van der Waals surface area (Å²) in [5.74, 6) is 2.56. The molecular formula is C16H23ClN6OS. The average Bonchev–Trinajstić information content (AvgIpc) is 3.17. The second kappa shape index (κ2) is 8.16. The lowest BCUT2D eigenvalue weighted by Gasteiger charge is -2.25. The lowest BCUT2D eigenvalue weighted by molar-refractivity contribution is 0.191. The molecule has 0 radical (unpaired) electrons. The van der Waals surface area contributed by atoms with E-state index in [1.165, 1.54) is 11.3 Å². The predicted molar refractivity (Wildman–Crippen MR) is 100 cm³/mol. The van der Waals surface area contributed by atoms with E-state index < -0.39 is 6.10 Å². The van der Waals surface area contributed by atoms with E-state index in [0.29, 0.717) is 10.3 Å². The number of hydrogen-bond acceptors (Lipinski definition) is 5. The molecule has 0 saturated heterocycles. The molecule has 0 fully saturated rings. The number of halogens is 1. The van der Waals surface area contributed by atoms with Gasteiger partial charge < -0.3 is 15.7 Å². The first kappa shape index (κ1) is 18.2. The minimum absolute atomic E-state index is 0.236. The second-order valence-corrected chi connectivity index (χ2v) is 7.76. The third-order valence-corrected chi connectivity index (χ3v) is 5.33. The van der Waals surface area contributed by atoms with Crippen LogP contribution in [0.1, 0.15) is 36.0 Å². The van der Waals surface area contributed by atoms with Crippen molar-refractivity contribution in [2.75, 3.05) is 13.1 Å². The minimum Gasteiger partial charge on any atom is -0.386 e. The number of nitrogens with one attached hydrogen (secondary N) is 2. The molecule has 0 aliphatic carbocycles. The molecule has 0 amide bonds. The summed E-state index contributed by atoms with van der Waals surface area (Å²) in [6, 6.07) is 3.86. The van der Waals surface area contributed by atoms with Gasteiger partial charge in [-0.1, -0.05) is 11.6 Å². The fraction of sp³-hybridized carbons (Fsp3) is 0.562. The molecule has 3 heterocycles. The van der Waals surface area contributed by atoms with Crippen molar-refractivity contribution in [2.45, 2.75) is 45.4 Å². The Balaban J connectivity index is 1.61. The summed E-state index contributed by atoms with van der Waals surface area (Å²) in [4.78, 5) is 9.77. The smallest absolute Gasteiger partial charge is 0.191 e. The van der Waals surface area contributed by atoms with Gasteiger partial charge in [0.1, 0.15) is 17.8 Å². The summed E-state index contributed by atoms with van der Waals surface area (Å²) < 4.78 is 2.63. The van der Waals surface area contributed by atoms with Crippen molar-refractivity contribution >= 4 is 28.9 Å². The molecule has 3 N–H and O–H groups in total. The van der Waals surface area contributed by atoms with Crippen molar-refractivity contribution in [2.24, 2.45) is 4.99 Å². The Morgan fingerprint density at radius 1 is 1.56 bits per heavy atom. The summed E-state index contributed by atoms with van der Waals surface area (Å²) in [7, 11) is 0. The molecule has 0 bridgehead atoms. The normalized spacial score (nSPS) is 18.7. The number of rotatable bonds is 5. The highest BCUT2D eigenvalue weighted by atomic mass is 35.5. The van der Waals surface area contributed by atoms with Gasteiger partial charge in [0, 0.05) is 23.9 Å². The van der Waals surface area contributed by atoms with Crippen molar-refractivity contribution in [1.29, 1.82) is 0 Å². The largest absolute Gasteiger partial charge is 0.386 e. The van der Waals surface area contributed by atoms with E-state index >= 15 is 0 Å². The number of nitrogens with zero attached hydrogens (tertiary/aromatic N) is 4. The van der Waals surface area contributed by atoms with Crippen molar-refractivity contribution in [3.05, 3.63) is 33.0 Å². The van der Waals surface area contributed by atoms with Crippen LogP contribution >= 0.6 is 22.9 Å². The first-order valence-corrected chi connectivity index (χ1v) is 9.63. The number of aryl methyl sites for hydroxylation is 2. The van der Waals surface area contributed by atoms with E-state index in [4.69, 9.17) is 11.6 Å². The van der Waals surface area contributed by atoms with Crippen LogP contribution in [0, 0.1) is 6.92 Å². The van der Waals surface area contributed by atoms with Crippen LogP contribution < -0.4 is 10.6 Å². The van der Waals surface area contributed by atoms with Crippen molar-refractivity contribution in [3.63, 3.8) is 0 Å². The second-order valence-electron chi connectivity index (χ2n) is 6.01. The third kappa shape index (κ3) is 4.71. The first-order valence-electron chi connectivity index (χ1n) is 8.43. The Morgan fingerprint density at radius 3 is 3.12 bits per heavy atom. The average molecular weight is 383 g/mol.